The lowest BCUT2D eigenvalue weighted by Gasteiger charge is -2.37. The number of esters is 1. The number of nitro groups is 1. The van der Waals surface area contributed by atoms with Gasteiger partial charge in [0.05, 0.1) is 23.4 Å². The monoisotopic (exact) mass is 546 g/mol. The zero-order valence-corrected chi connectivity index (χ0v) is 23.5. The SMILES string of the molecule is CCC1=C(N(C=O)CCCN2CCC(c3ccccc3)CC2)C(c2ccc([N+](=O)[O-])cc2)C(C(=O)OC)C(C)=N1. The van der Waals surface area contributed by atoms with Crippen molar-refractivity contribution in [1.29, 1.82) is 0 Å². The molecule has 0 radical (unpaired) electrons. The van der Waals surface area contributed by atoms with Crippen molar-refractivity contribution in [2.45, 2.75) is 51.4 Å². The van der Waals surface area contributed by atoms with E-state index in [0.717, 1.165) is 51.0 Å². The number of amides is 1. The van der Waals surface area contributed by atoms with Crippen LogP contribution in [0.3, 0.4) is 0 Å². The van der Waals surface area contributed by atoms with Gasteiger partial charge in [0.25, 0.3) is 5.69 Å². The number of ether oxygens (including phenoxy) is 1. The number of non-ortho nitro benzene ring substituents is 1. The molecule has 2 aliphatic heterocycles. The number of hydrogen-bond acceptors (Lipinski definition) is 7. The average Bonchev–Trinajstić information content (AvgIpc) is 2.99. The van der Waals surface area contributed by atoms with Crippen molar-refractivity contribution < 1.29 is 19.2 Å². The van der Waals surface area contributed by atoms with Gasteiger partial charge >= 0.3 is 5.97 Å². The number of aliphatic imine (C=N–C) groups is 1. The molecule has 2 unspecified atom stereocenters. The van der Waals surface area contributed by atoms with E-state index in [4.69, 9.17) is 9.73 Å². The van der Waals surface area contributed by atoms with Gasteiger partial charge in [-0.05, 0) is 69.3 Å². The molecule has 2 aliphatic rings. The fraction of sp³-hybridized carbons (Fsp3) is 0.452. The number of allylic oxidation sites excluding steroid dienone is 2. The summed E-state index contributed by atoms with van der Waals surface area (Å²) < 4.78 is 5.14. The minimum absolute atomic E-state index is 0.0379. The van der Waals surface area contributed by atoms with E-state index in [2.05, 4.69) is 35.2 Å². The maximum absolute atomic E-state index is 13.0. The second-order valence-electron chi connectivity index (χ2n) is 10.4. The standard InChI is InChI=1S/C31H38N4O5/c1-4-27-30(29(28(22(2)32-27)31(37)40-3)25-11-13-26(14-12-25)35(38)39)34(21-36)18-8-17-33-19-15-24(16-20-33)23-9-6-5-7-10-23/h5-7,9-14,21,24,28-29H,4,8,15-20H2,1-3H3. The van der Waals surface area contributed by atoms with Crippen LogP contribution >= 0.6 is 0 Å². The number of rotatable bonds is 11. The minimum atomic E-state index is -0.740. The predicted molar refractivity (Wildman–Crippen MR) is 154 cm³/mol. The second kappa shape index (κ2) is 13.5. The number of nitrogens with zero attached hydrogens (tertiary/aromatic N) is 4. The highest BCUT2D eigenvalue weighted by Crippen LogP contribution is 2.42. The third kappa shape index (κ3) is 6.47. The first-order valence-electron chi connectivity index (χ1n) is 14.0. The summed E-state index contributed by atoms with van der Waals surface area (Å²) in [5.74, 6) is -1.16. The van der Waals surface area contributed by atoms with E-state index in [1.54, 1.807) is 24.0 Å². The van der Waals surface area contributed by atoms with Crippen LogP contribution in [0.25, 0.3) is 0 Å². The molecule has 0 N–H and O–H groups in total. The predicted octanol–water partition coefficient (Wildman–Crippen LogP) is 5.29. The molecule has 0 bridgehead atoms. The summed E-state index contributed by atoms with van der Waals surface area (Å²) in [7, 11) is 1.33. The molecule has 1 amide bonds. The van der Waals surface area contributed by atoms with Crippen molar-refractivity contribution >= 4 is 23.8 Å². The summed E-state index contributed by atoms with van der Waals surface area (Å²) in [5, 5.41) is 11.3. The van der Waals surface area contributed by atoms with Crippen LogP contribution in [-0.4, -0.2) is 66.1 Å². The van der Waals surface area contributed by atoms with Crippen molar-refractivity contribution in [1.82, 2.24) is 9.80 Å². The van der Waals surface area contributed by atoms with E-state index in [1.807, 2.05) is 6.92 Å². The van der Waals surface area contributed by atoms with Gasteiger partial charge in [0.1, 0.15) is 5.92 Å². The van der Waals surface area contributed by atoms with Crippen LogP contribution in [0.2, 0.25) is 0 Å². The van der Waals surface area contributed by atoms with Crippen LogP contribution < -0.4 is 0 Å². The summed E-state index contributed by atoms with van der Waals surface area (Å²) in [6.45, 7) is 7.14. The van der Waals surface area contributed by atoms with Crippen molar-refractivity contribution in [3.05, 3.63) is 87.2 Å². The van der Waals surface area contributed by atoms with Crippen molar-refractivity contribution in [2.75, 3.05) is 33.3 Å². The summed E-state index contributed by atoms with van der Waals surface area (Å²) in [6.07, 6.45) is 4.39. The van der Waals surface area contributed by atoms with Gasteiger partial charge in [0, 0.05) is 30.3 Å². The molecule has 9 heteroatoms. The Morgan fingerprint density at radius 1 is 1.12 bits per heavy atom. The first kappa shape index (κ1) is 29.1. The van der Waals surface area contributed by atoms with Crippen LogP contribution in [0.1, 0.15) is 62.5 Å². The lowest BCUT2D eigenvalue weighted by Crippen LogP contribution is -2.40. The lowest BCUT2D eigenvalue weighted by atomic mass is 9.77. The molecule has 40 heavy (non-hydrogen) atoms. The van der Waals surface area contributed by atoms with E-state index in [0.29, 0.717) is 35.9 Å². The van der Waals surface area contributed by atoms with E-state index < -0.39 is 22.7 Å². The summed E-state index contributed by atoms with van der Waals surface area (Å²) >= 11 is 0. The zero-order chi connectivity index (χ0) is 28.6. The fourth-order valence-electron chi connectivity index (χ4n) is 6.02. The maximum Gasteiger partial charge on any atom is 0.315 e. The number of carbonyl (C=O) groups excluding carboxylic acids is 2. The molecule has 1 saturated heterocycles. The first-order valence-corrected chi connectivity index (χ1v) is 14.0. The van der Waals surface area contributed by atoms with Crippen LogP contribution in [0, 0.1) is 16.0 Å². The zero-order valence-electron chi connectivity index (χ0n) is 23.5. The highest BCUT2D eigenvalue weighted by atomic mass is 16.6. The van der Waals surface area contributed by atoms with E-state index in [9.17, 15) is 19.7 Å². The highest BCUT2D eigenvalue weighted by molar-refractivity contribution is 6.03. The van der Waals surface area contributed by atoms with E-state index in [1.165, 1.54) is 24.8 Å². The summed E-state index contributed by atoms with van der Waals surface area (Å²) in [4.78, 5) is 45.2. The number of hydrogen-bond donors (Lipinski definition) is 0. The van der Waals surface area contributed by atoms with Gasteiger partial charge in [-0.25, -0.2) is 0 Å². The molecule has 1 fully saturated rings. The Labute approximate surface area is 235 Å². The molecule has 2 aromatic carbocycles. The highest BCUT2D eigenvalue weighted by Gasteiger charge is 2.41. The van der Waals surface area contributed by atoms with Gasteiger partial charge in [0.2, 0.25) is 6.41 Å². The Balaban J connectivity index is 1.52. The Hall–Kier alpha value is -3.85. The fourth-order valence-corrected chi connectivity index (χ4v) is 6.02. The minimum Gasteiger partial charge on any atom is -0.468 e. The Bertz CT molecular complexity index is 1250. The number of methoxy groups -OCH3 is 1. The molecule has 2 atom stereocenters. The van der Waals surface area contributed by atoms with Gasteiger partial charge in [-0.1, -0.05) is 49.4 Å². The third-order valence-electron chi connectivity index (χ3n) is 8.11. The first-order chi connectivity index (χ1) is 19.4. The molecule has 212 valence electrons. The molecule has 0 aliphatic carbocycles. The molecule has 2 heterocycles. The molecule has 0 spiro atoms. The molecule has 2 aromatic rings. The van der Waals surface area contributed by atoms with Crippen molar-refractivity contribution in [3.63, 3.8) is 0 Å². The van der Waals surface area contributed by atoms with Crippen molar-refractivity contribution in [2.24, 2.45) is 10.9 Å². The topological polar surface area (TPSA) is 105 Å². The Morgan fingerprint density at radius 2 is 1.80 bits per heavy atom. The third-order valence-corrected chi connectivity index (χ3v) is 8.11. The Kier molecular flexibility index (Phi) is 9.82. The van der Waals surface area contributed by atoms with Crippen molar-refractivity contribution in [3.8, 4) is 0 Å². The van der Waals surface area contributed by atoms with Crippen LogP contribution in [0.4, 0.5) is 5.69 Å². The van der Waals surface area contributed by atoms with Crippen LogP contribution in [0.15, 0.2) is 71.0 Å². The van der Waals surface area contributed by atoms with Gasteiger partial charge in [-0.2, -0.15) is 0 Å². The van der Waals surface area contributed by atoms with Gasteiger partial charge < -0.3 is 14.5 Å². The van der Waals surface area contributed by atoms with E-state index >= 15 is 0 Å². The van der Waals surface area contributed by atoms with Gasteiger partial charge in [-0.3, -0.25) is 24.7 Å². The number of carbonyl (C=O) groups is 2. The molecule has 4 rings (SSSR count). The normalized spacial score (nSPS) is 20.1. The molecular weight excluding hydrogens is 508 g/mol. The molecule has 0 saturated carbocycles. The quantitative estimate of drug-likeness (QED) is 0.164. The molecule has 0 aromatic heterocycles. The smallest absolute Gasteiger partial charge is 0.315 e. The Morgan fingerprint density at radius 3 is 2.38 bits per heavy atom. The molecular formula is C31H38N4O5. The number of piperidine rings is 1. The lowest BCUT2D eigenvalue weighted by molar-refractivity contribution is -0.384. The second-order valence-corrected chi connectivity index (χ2v) is 10.4. The average molecular weight is 547 g/mol. The summed E-state index contributed by atoms with van der Waals surface area (Å²) in [6, 6.07) is 16.8. The van der Waals surface area contributed by atoms with Gasteiger partial charge in [-0.15, -0.1) is 0 Å². The maximum atomic E-state index is 13.0. The van der Waals surface area contributed by atoms with Crippen LogP contribution in [-0.2, 0) is 14.3 Å². The number of nitro benzene ring substituents is 1. The van der Waals surface area contributed by atoms with Crippen LogP contribution in [0.5, 0.6) is 0 Å². The number of likely N-dealkylation sites (tertiary alicyclic amines) is 1. The summed E-state index contributed by atoms with van der Waals surface area (Å²) in [5.41, 5.74) is 4.06. The van der Waals surface area contributed by atoms with E-state index in [-0.39, 0.29) is 5.69 Å². The molecule has 9 nitrogen and oxygen atoms in total. The largest absolute Gasteiger partial charge is 0.468 e. The van der Waals surface area contributed by atoms with Gasteiger partial charge in [0.15, 0.2) is 0 Å². The number of benzene rings is 2.